The molecule has 0 radical (unpaired) electrons. The Bertz CT molecular complexity index is 645. The average Bonchev–Trinajstić information content (AvgIpc) is 2.53. The van der Waals surface area contributed by atoms with Gasteiger partial charge in [0.15, 0.2) is 0 Å². The van der Waals surface area contributed by atoms with Crippen LogP contribution in [0.5, 0.6) is 0 Å². The third kappa shape index (κ3) is 5.86. The normalized spacial score (nSPS) is 17.6. The molecule has 2 rings (SSSR count). The van der Waals surface area contributed by atoms with Crippen LogP contribution in [0.15, 0.2) is 24.3 Å². The number of likely N-dealkylation sites (tertiary alicyclic amines) is 1. The Morgan fingerprint density at radius 3 is 2.72 bits per heavy atom. The van der Waals surface area contributed by atoms with Gasteiger partial charge in [-0.2, -0.15) is 0 Å². The summed E-state index contributed by atoms with van der Waals surface area (Å²) in [6, 6.07) is 7.01. The number of hydrogen-bond donors (Lipinski definition) is 2. The van der Waals surface area contributed by atoms with Gasteiger partial charge in [0.05, 0.1) is 6.54 Å². The fourth-order valence-corrected chi connectivity index (χ4v) is 3.00. The van der Waals surface area contributed by atoms with Crippen LogP contribution in [-0.4, -0.2) is 67.3 Å². The van der Waals surface area contributed by atoms with Crippen LogP contribution in [0.2, 0.25) is 0 Å². The summed E-state index contributed by atoms with van der Waals surface area (Å²) in [6.45, 7) is 3.28. The SMILES string of the molecule is CC(=O)NC1CCCN(CC(=O)Nc2cccc(C(=O)N(C)C)c2)C1. The minimum Gasteiger partial charge on any atom is -0.352 e. The van der Waals surface area contributed by atoms with Crippen molar-refractivity contribution >= 4 is 23.4 Å². The molecule has 1 aliphatic heterocycles. The molecule has 136 valence electrons. The van der Waals surface area contributed by atoms with Gasteiger partial charge in [-0.3, -0.25) is 19.3 Å². The first-order valence-electron chi connectivity index (χ1n) is 8.46. The molecule has 1 atom stereocenters. The number of carbonyl (C=O) groups is 3. The summed E-state index contributed by atoms with van der Waals surface area (Å²) < 4.78 is 0. The second kappa shape index (κ2) is 8.62. The molecule has 1 fully saturated rings. The van der Waals surface area contributed by atoms with Gasteiger partial charge in [-0.1, -0.05) is 6.07 Å². The number of piperidine rings is 1. The van der Waals surface area contributed by atoms with Crippen molar-refractivity contribution in [3.05, 3.63) is 29.8 Å². The van der Waals surface area contributed by atoms with Crippen molar-refractivity contribution in [3.8, 4) is 0 Å². The molecule has 1 unspecified atom stereocenters. The molecule has 1 heterocycles. The monoisotopic (exact) mass is 346 g/mol. The lowest BCUT2D eigenvalue weighted by Gasteiger charge is -2.32. The summed E-state index contributed by atoms with van der Waals surface area (Å²) in [6.07, 6.45) is 1.89. The summed E-state index contributed by atoms with van der Waals surface area (Å²) >= 11 is 0. The van der Waals surface area contributed by atoms with Crippen molar-refractivity contribution < 1.29 is 14.4 Å². The molecule has 7 heteroatoms. The van der Waals surface area contributed by atoms with E-state index in [-0.39, 0.29) is 30.3 Å². The van der Waals surface area contributed by atoms with Crippen LogP contribution in [0.3, 0.4) is 0 Å². The van der Waals surface area contributed by atoms with E-state index in [4.69, 9.17) is 0 Å². The zero-order chi connectivity index (χ0) is 18.4. The summed E-state index contributed by atoms with van der Waals surface area (Å²) in [5.74, 6) is -0.276. The van der Waals surface area contributed by atoms with Crippen LogP contribution < -0.4 is 10.6 Å². The average molecular weight is 346 g/mol. The highest BCUT2D eigenvalue weighted by atomic mass is 16.2. The Kier molecular flexibility index (Phi) is 6.52. The molecular formula is C18H26N4O3. The summed E-state index contributed by atoms with van der Waals surface area (Å²) in [7, 11) is 3.38. The lowest BCUT2D eigenvalue weighted by atomic mass is 10.1. The van der Waals surface area contributed by atoms with Gasteiger partial charge in [-0.25, -0.2) is 0 Å². The summed E-state index contributed by atoms with van der Waals surface area (Å²) in [5, 5.41) is 5.75. The van der Waals surface area contributed by atoms with Gasteiger partial charge in [0.1, 0.15) is 0 Å². The van der Waals surface area contributed by atoms with E-state index in [9.17, 15) is 14.4 Å². The number of rotatable bonds is 5. The summed E-state index contributed by atoms with van der Waals surface area (Å²) in [4.78, 5) is 39.0. The molecule has 1 aromatic carbocycles. The van der Waals surface area contributed by atoms with Gasteiger partial charge in [-0.05, 0) is 37.6 Å². The van der Waals surface area contributed by atoms with Crippen molar-refractivity contribution in [2.75, 3.05) is 39.0 Å². The fourth-order valence-electron chi connectivity index (χ4n) is 3.00. The zero-order valence-corrected chi connectivity index (χ0v) is 15.0. The Balaban J connectivity index is 1.91. The molecule has 3 amide bonds. The molecule has 1 aromatic rings. The minimum absolute atomic E-state index is 0.0429. The largest absolute Gasteiger partial charge is 0.352 e. The molecule has 0 saturated carbocycles. The Morgan fingerprint density at radius 2 is 2.04 bits per heavy atom. The molecule has 7 nitrogen and oxygen atoms in total. The number of carbonyl (C=O) groups excluding carboxylic acids is 3. The summed E-state index contributed by atoms with van der Waals surface area (Å²) in [5.41, 5.74) is 1.14. The maximum Gasteiger partial charge on any atom is 0.253 e. The number of hydrogen-bond acceptors (Lipinski definition) is 4. The first-order chi connectivity index (χ1) is 11.8. The standard InChI is InChI=1S/C18H26N4O3/c1-13(23)19-16-8-5-9-22(11-16)12-17(24)20-15-7-4-6-14(10-15)18(25)21(2)3/h4,6-7,10,16H,5,8-9,11-12H2,1-3H3,(H,19,23)(H,20,24). The van der Waals surface area contributed by atoms with E-state index in [1.54, 1.807) is 38.4 Å². The highest BCUT2D eigenvalue weighted by Crippen LogP contribution is 2.13. The van der Waals surface area contributed by atoms with E-state index >= 15 is 0 Å². The van der Waals surface area contributed by atoms with Crippen LogP contribution in [0.25, 0.3) is 0 Å². The molecule has 0 spiro atoms. The van der Waals surface area contributed by atoms with Crippen molar-refractivity contribution in [2.24, 2.45) is 0 Å². The van der Waals surface area contributed by atoms with E-state index in [0.29, 0.717) is 17.8 Å². The van der Waals surface area contributed by atoms with E-state index in [1.165, 1.54) is 11.8 Å². The van der Waals surface area contributed by atoms with Gasteiger partial charge in [0, 0.05) is 44.9 Å². The van der Waals surface area contributed by atoms with E-state index < -0.39 is 0 Å². The maximum absolute atomic E-state index is 12.3. The topological polar surface area (TPSA) is 81.8 Å². The van der Waals surface area contributed by atoms with Crippen molar-refractivity contribution in [2.45, 2.75) is 25.8 Å². The lowest BCUT2D eigenvalue weighted by molar-refractivity contribution is -0.120. The predicted octanol–water partition coefficient (Wildman–Crippen LogP) is 0.927. The van der Waals surface area contributed by atoms with E-state index in [0.717, 1.165) is 19.4 Å². The van der Waals surface area contributed by atoms with Gasteiger partial charge >= 0.3 is 0 Å². The predicted molar refractivity (Wildman–Crippen MR) is 96.4 cm³/mol. The second-order valence-corrected chi connectivity index (χ2v) is 6.60. The van der Waals surface area contributed by atoms with Gasteiger partial charge < -0.3 is 15.5 Å². The smallest absolute Gasteiger partial charge is 0.253 e. The number of anilines is 1. The highest BCUT2D eigenvalue weighted by molar-refractivity contribution is 5.97. The zero-order valence-electron chi connectivity index (χ0n) is 15.0. The van der Waals surface area contributed by atoms with Crippen LogP contribution in [0.4, 0.5) is 5.69 Å². The fraction of sp³-hybridized carbons (Fsp3) is 0.500. The van der Waals surface area contributed by atoms with Crippen molar-refractivity contribution in [3.63, 3.8) is 0 Å². The minimum atomic E-state index is -0.127. The Labute approximate surface area is 148 Å². The molecule has 25 heavy (non-hydrogen) atoms. The Hall–Kier alpha value is -2.41. The van der Waals surface area contributed by atoms with Crippen LogP contribution >= 0.6 is 0 Å². The molecule has 0 aromatic heterocycles. The molecule has 0 bridgehead atoms. The molecule has 1 aliphatic rings. The maximum atomic E-state index is 12.3. The van der Waals surface area contributed by atoms with Crippen LogP contribution in [0.1, 0.15) is 30.1 Å². The third-order valence-corrected chi connectivity index (χ3v) is 4.08. The first-order valence-corrected chi connectivity index (χ1v) is 8.46. The van der Waals surface area contributed by atoms with Crippen molar-refractivity contribution in [1.82, 2.24) is 15.1 Å². The number of amides is 3. The van der Waals surface area contributed by atoms with Gasteiger partial charge in [-0.15, -0.1) is 0 Å². The highest BCUT2D eigenvalue weighted by Gasteiger charge is 2.22. The van der Waals surface area contributed by atoms with Gasteiger partial charge in [0.2, 0.25) is 11.8 Å². The number of nitrogens with one attached hydrogen (secondary N) is 2. The van der Waals surface area contributed by atoms with Gasteiger partial charge in [0.25, 0.3) is 5.91 Å². The van der Waals surface area contributed by atoms with E-state index in [1.807, 2.05) is 4.90 Å². The molecule has 1 saturated heterocycles. The molecular weight excluding hydrogens is 320 g/mol. The van der Waals surface area contributed by atoms with Crippen molar-refractivity contribution in [1.29, 1.82) is 0 Å². The first kappa shape index (κ1) is 18.9. The molecule has 2 N–H and O–H groups in total. The van der Waals surface area contributed by atoms with E-state index in [2.05, 4.69) is 10.6 Å². The number of nitrogens with zero attached hydrogens (tertiary/aromatic N) is 2. The number of benzene rings is 1. The second-order valence-electron chi connectivity index (χ2n) is 6.60. The molecule has 0 aliphatic carbocycles. The van der Waals surface area contributed by atoms with Crippen LogP contribution in [0, 0.1) is 0 Å². The Morgan fingerprint density at radius 1 is 1.28 bits per heavy atom. The quantitative estimate of drug-likeness (QED) is 0.831. The lowest BCUT2D eigenvalue weighted by Crippen LogP contribution is -2.49. The van der Waals surface area contributed by atoms with Crippen LogP contribution in [-0.2, 0) is 9.59 Å². The third-order valence-electron chi connectivity index (χ3n) is 4.08.